The Balaban J connectivity index is 1.38. The molecule has 2 aliphatic heterocycles. The van der Waals surface area contributed by atoms with Gasteiger partial charge in [-0.1, -0.05) is 0 Å². The molecule has 0 spiro atoms. The van der Waals surface area contributed by atoms with Gasteiger partial charge < -0.3 is 19.7 Å². The number of hydrogen-bond acceptors (Lipinski definition) is 9. The van der Waals surface area contributed by atoms with Gasteiger partial charge in [0.15, 0.2) is 0 Å². The smallest absolute Gasteiger partial charge is 0.256 e. The largest absolute Gasteiger partial charge is 0.478 e. The van der Waals surface area contributed by atoms with E-state index in [0.29, 0.717) is 24.1 Å². The number of rotatable bonds is 7. The van der Waals surface area contributed by atoms with Crippen molar-refractivity contribution in [2.24, 2.45) is 7.05 Å². The van der Waals surface area contributed by atoms with Crippen LogP contribution in [0.25, 0.3) is 10.6 Å². The van der Waals surface area contributed by atoms with E-state index in [1.54, 1.807) is 29.3 Å². The number of hydrogen-bond donors (Lipinski definition) is 1. The third-order valence-corrected chi connectivity index (χ3v) is 8.08. The number of nitrogens with zero attached hydrogens (tertiary/aromatic N) is 6. The number of carbonyl (C=O) groups is 1. The lowest BCUT2D eigenvalue weighted by atomic mass is 10.0. The number of nitrogens with one attached hydrogen (secondary N) is 1. The van der Waals surface area contributed by atoms with E-state index >= 15 is 0 Å². The number of carbonyl (C=O) groups excluding carboxylic acids is 1. The molecule has 0 atom stereocenters. The van der Waals surface area contributed by atoms with Crippen molar-refractivity contribution >= 4 is 28.9 Å². The van der Waals surface area contributed by atoms with Crippen LogP contribution in [0, 0.1) is 6.92 Å². The molecule has 3 aromatic heterocycles. The van der Waals surface area contributed by atoms with Gasteiger partial charge in [-0.15, -0.1) is 16.4 Å². The summed E-state index contributed by atoms with van der Waals surface area (Å²) in [6.07, 6.45) is 3.61. The molecule has 5 rings (SSSR count). The molecule has 1 N–H and O–H groups in total. The number of ether oxygens (including phenoxy) is 2. The third kappa shape index (κ3) is 4.39. The van der Waals surface area contributed by atoms with Crippen LogP contribution in [0.5, 0.6) is 5.88 Å². The minimum Gasteiger partial charge on any atom is -0.478 e. The van der Waals surface area contributed by atoms with Gasteiger partial charge in [0, 0.05) is 44.3 Å². The van der Waals surface area contributed by atoms with Gasteiger partial charge in [0.25, 0.3) is 11.8 Å². The summed E-state index contributed by atoms with van der Waals surface area (Å²) in [5, 5.41) is 7.46. The molecule has 186 valence electrons. The van der Waals surface area contributed by atoms with Crippen molar-refractivity contribution in [1.82, 2.24) is 29.5 Å². The highest BCUT2D eigenvalue weighted by atomic mass is 32.1. The first-order chi connectivity index (χ1) is 16.8. The summed E-state index contributed by atoms with van der Waals surface area (Å²) in [7, 11) is 3.40. The molecule has 0 bridgehead atoms. The lowest BCUT2D eigenvalue weighted by Gasteiger charge is -2.35. The molecule has 11 heteroatoms. The molecule has 1 fully saturated rings. The predicted molar refractivity (Wildman–Crippen MR) is 134 cm³/mol. The van der Waals surface area contributed by atoms with E-state index in [-0.39, 0.29) is 11.4 Å². The van der Waals surface area contributed by atoms with E-state index in [1.165, 1.54) is 0 Å². The molecule has 2 aliphatic rings. The molecule has 35 heavy (non-hydrogen) atoms. The van der Waals surface area contributed by atoms with Crippen LogP contribution in [0.4, 0.5) is 11.6 Å². The minimum atomic E-state index is -0.368. The maximum absolute atomic E-state index is 13.4. The lowest BCUT2D eigenvalue weighted by Crippen LogP contribution is -2.46. The van der Waals surface area contributed by atoms with E-state index in [4.69, 9.17) is 14.5 Å². The van der Waals surface area contributed by atoms with Crippen molar-refractivity contribution in [2.45, 2.75) is 26.3 Å². The van der Waals surface area contributed by atoms with Crippen molar-refractivity contribution in [3.05, 3.63) is 34.5 Å². The van der Waals surface area contributed by atoms with Gasteiger partial charge in [-0.25, -0.2) is 9.97 Å². The molecule has 10 nitrogen and oxygen atoms in total. The van der Waals surface area contributed by atoms with Crippen molar-refractivity contribution in [1.29, 1.82) is 0 Å². The van der Waals surface area contributed by atoms with Crippen LogP contribution < -0.4 is 10.1 Å². The topological polar surface area (TPSA) is 97.6 Å². The van der Waals surface area contributed by atoms with Gasteiger partial charge in [0.2, 0.25) is 5.95 Å². The molecule has 0 radical (unpaired) electrons. The summed E-state index contributed by atoms with van der Waals surface area (Å²) in [5.74, 6) is 1.01. The Bertz CT molecular complexity index is 1250. The van der Waals surface area contributed by atoms with Gasteiger partial charge >= 0.3 is 0 Å². The van der Waals surface area contributed by atoms with Crippen molar-refractivity contribution < 1.29 is 14.3 Å². The Morgan fingerprint density at radius 1 is 1.26 bits per heavy atom. The van der Waals surface area contributed by atoms with Gasteiger partial charge in [-0.2, -0.15) is 0 Å². The zero-order valence-corrected chi connectivity index (χ0v) is 21.6. The molecule has 1 amide bonds. The zero-order chi connectivity index (χ0) is 24.7. The van der Waals surface area contributed by atoms with E-state index < -0.39 is 0 Å². The average molecular weight is 498 g/mol. The summed E-state index contributed by atoms with van der Waals surface area (Å²) in [5.41, 5.74) is 2.85. The molecule has 0 saturated carbocycles. The number of aromatic nitrogens is 4. The highest BCUT2D eigenvalue weighted by molar-refractivity contribution is 7.16. The Hall–Kier alpha value is -3.02. The number of methoxy groups -OCH3 is 1. The van der Waals surface area contributed by atoms with E-state index in [0.717, 1.165) is 59.4 Å². The van der Waals surface area contributed by atoms with E-state index in [9.17, 15) is 4.79 Å². The molecule has 0 aliphatic carbocycles. The average Bonchev–Trinajstić information content (AvgIpc) is 3.48. The SMILES string of the molecule is COc1nn(C)cc1Nc1ncc(C)c(-c2cc3c(s2)C(C)(C)N(CCN2CCOCC2)C3=O)n1. The second-order valence-corrected chi connectivity index (χ2v) is 10.5. The molecular formula is C24H31N7O3S. The third-order valence-electron chi connectivity index (χ3n) is 6.62. The Labute approximate surface area is 208 Å². The molecule has 0 unspecified atom stereocenters. The molecular weight excluding hydrogens is 466 g/mol. The summed E-state index contributed by atoms with van der Waals surface area (Å²) >= 11 is 1.64. The van der Waals surface area contributed by atoms with Gasteiger partial charge in [-0.05, 0) is 32.4 Å². The van der Waals surface area contributed by atoms with Crippen molar-refractivity contribution in [3.8, 4) is 16.5 Å². The van der Waals surface area contributed by atoms with Crippen molar-refractivity contribution in [3.63, 3.8) is 0 Å². The summed E-state index contributed by atoms with van der Waals surface area (Å²) < 4.78 is 12.4. The first-order valence-corrected chi connectivity index (χ1v) is 12.5. The normalized spacial score (nSPS) is 17.6. The first kappa shape index (κ1) is 23.7. The lowest BCUT2D eigenvalue weighted by molar-refractivity contribution is 0.0263. The van der Waals surface area contributed by atoms with Crippen molar-refractivity contribution in [2.75, 3.05) is 51.8 Å². The Morgan fingerprint density at radius 3 is 2.74 bits per heavy atom. The number of anilines is 2. The monoisotopic (exact) mass is 497 g/mol. The highest BCUT2D eigenvalue weighted by Gasteiger charge is 2.45. The summed E-state index contributed by atoms with van der Waals surface area (Å²) in [6.45, 7) is 11.2. The molecule has 0 aromatic carbocycles. The molecule has 1 saturated heterocycles. The summed E-state index contributed by atoms with van der Waals surface area (Å²) in [4.78, 5) is 29.0. The highest BCUT2D eigenvalue weighted by Crippen LogP contribution is 2.46. The Morgan fingerprint density at radius 2 is 2.03 bits per heavy atom. The number of fused-ring (bicyclic) bond motifs is 1. The Kier molecular flexibility index (Phi) is 6.24. The standard InChI is InChI=1S/C24H31N7O3S/c1-15-13-25-23(26-17-14-29(4)28-21(17)33-5)27-19(15)18-12-16-20(35-18)24(2,3)31(22(16)32)7-6-30-8-10-34-11-9-30/h12-14H,6-11H2,1-5H3,(H,25,26,27). The van der Waals surface area contributed by atoms with Crippen LogP contribution in [0.1, 0.15) is 34.6 Å². The van der Waals surface area contributed by atoms with Crippen LogP contribution in [0.15, 0.2) is 18.5 Å². The number of thiophene rings is 1. The fourth-order valence-corrected chi connectivity index (χ4v) is 5.98. The van der Waals surface area contributed by atoms with Gasteiger partial charge in [0.05, 0.1) is 48.2 Å². The molecule has 5 heterocycles. The van der Waals surface area contributed by atoms with Crippen LogP contribution in [-0.2, 0) is 17.3 Å². The predicted octanol–water partition coefficient (Wildman–Crippen LogP) is 3.02. The zero-order valence-electron chi connectivity index (χ0n) is 20.8. The molecule has 3 aromatic rings. The second kappa shape index (κ2) is 9.21. The fraction of sp³-hybridized carbons (Fsp3) is 0.500. The number of morpholine rings is 1. The van der Waals surface area contributed by atoms with Crippen LogP contribution in [0.2, 0.25) is 0 Å². The van der Waals surface area contributed by atoms with E-state index in [2.05, 4.69) is 34.1 Å². The van der Waals surface area contributed by atoms with Gasteiger partial charge in [0.1, 0.15) is 5.69 Å². The second-order valence-electron chi connectivity index (χ2n) is 9.40. The van der Waals surface area contributed by atoms with E-state index in [1.807, 2.05) is 31.1 Å². The maximum Gasteiger partial charge on any atom is 0.256 e. The van der Waals surface area contributed by atoms with Crippen LogP contribution >= 0.6 is 11.3 Å². The quantitative estimate of drug-likeness (QED) is 0.532. The van der Waals surface area contributed by atoms with Crippen LogP contribution in [-0.4, -0.2) is 82.0 Å². The van der Waals surface area contributed by atoms with Crippen LogP contribution in [0.3, 0.4) is 0 Å². The minimum absolute atomic E-state index is 0.0888. The summed E-state index contributed by atoms with van der Waals surface area (Å²) in [6, 6.07) is 1.99. The van der Waals surface area contributed by atoms with Gasteiger partial charge in [-0.3, -0.25) is 14.4 Å². The number of amides is 1. The number of aryl methyl sites for hydroxylation is 2. The fourth-order valence-electron chi connectivity index (χ4n) is 4.67. The maximum atomic E-state index is 13.4. The first-order valence-electron chi connectivity index (χ1n) is 11.7.